The molecule has 2 rings (SSSR count). The molecule has 6 heteroatoms. The molecule has 0 unspecified atom stereocenters. The van der Waals surface area contributed by atoms with Crippen LogP contribution in [0, 0.1) is 5.41 Å². The van der Waals surface area contributed by atoms with E-state index in [0.29, 0.717) is 22.4 Å². The first-order chi connectivity index (χ1) is 10.5. The molecule has 0 bridgehead atoms. The molecule has 0 aromatic heterocycles. The second kappa shape index (κ2) is 6.80. The number of hydrogen-bond donors (Lipinski definition) is 3. The molecule has 0 saturated carbocycles. The van der Waals surface area contributed by atoms with Gasteiger partial charge in [0.25, 0.3) is 12.3 Å². The van der Waals surface area contributed by atoms with Crippen molar-refractivity contribution in [3.63, 3.8) is 0 Å². The van der Waals surface area contributed by atoms with Crippen molar-refractivity contribution in [1.29, 1.82) is 5.41 Å². The van der Waals surface area contributed by atoms with Gasteiger partial charge in [-0.3, -0.25) is 4.79 Å². The number of anilines is 1. The Labute approximate surface area is 126 Å². The first kappa shape index (κ1) is 15.6. The smallest absolute Gasteiger partial charge is 0.263 e. The number of nitrogens with one attached hydrogen (secondary N) is 2. The summed E-state index contributed by atoms with van der Waals surface area (Å²) in [5.74, 6) is -0.376. The monoisotopic (exact) mass is 303 g/mol. The number of halogens is 2. The van der Waals surface area contributed by atoms with Gasteiger partial charge < -0.3 is 16.5 Å². The van der Waals surface area contributed by atoms with E-state index in [0.717, 1.165) is 6.21 Å². The molecule has 1 amide bonds. The van der Waals surface area contributed by atoms with Crippen molar-refractivity contribution >= 4 is 17.8 Å². The predicted molar refractivity (Wildman–Crippen MR) is 81.3 cm³/mol. The van der Waals surface area contributed by atoms with E-state index in [-0.39, 0.29) is 18.0 Å². The van der Waals surface area contributed by atoms with Crippen molar-refractivity contribution in [2.45, 2.75) is 13.0 Å². The fourth-order valence-corrected chi connectivity index (χ4v) is 2.02. The number of rotatable bonds is 5. The highest BCUT2D eigenvalue weighted by Gasteiger charge is 2.10. The fraction of sp³-hybridized carbons (Fsp3) is 0.125. The van der Waals surface area contributed by atoms with Crippen LogP contribution >= 0.6 is 0 Å². The normalized spacial score (nSPS) is 10.5. The topological polar surface area (TPSA) is 79.0 Å². The van der Waals surface area contributed by atoms with Gasteiger partial charge in [-0.15, -0.1) is 0 Å². The first-order valence-electron chi connectivity index (χ1n) is 6.57. The molecule has 114 valence electrons. The largest absolute Gasteiger partial charge is 0.398 e. The van der Waals surface area contributed by atoms with E-state index in [4.69, 9.17) is 11.1 Å². The quantitative estimate of drug-likeness (QED) is 0.586. The number of carbonyl (C=O) groups is 1. The molecule has 4 N–H and O–H groups in total. The van der Waals surface area contributed by atoms with Crippen molar-refractivity contribution in [2.24, 2.45) is 0 Å². The molecule has 0 heterocycles. The number of nitrogen functional groups attached to an aromatic ring is 1. The molecular formula is C16H15F2N3O. The van der Waals surface area contributed by atoms with E-state index in [1.807, 2.05) is 0 Å². The average Bonchev–Trinajstić information content (AvgIpc) is 2.52. The lowest BCUT2D eigenvalue weighted by Gasteiger charge is -2.10. The molecule has 0 atom stereocenters. The number of hydrogen-bond acceptors (Lipinski definition) is 3. The van der Waals surface area contributed by atoms with Crippen LogP contribution in [-0.4, -0.2) is 12.1 Å². The molecule has 4 nitrogen and oxygen atoms in total. The van der Waals surface area contributed by atoms with E-state index in [1.165, 1.54) is 24.3 Å². The lowest BCUT2D eigenvalue weighted by molar-refractivity contribution is 0.0950. The minimum absolute atomic E-state index is 0.126. The zero-order chi connectivity index (χ0) is 16.1. The molecule has 0 aliphatic carbocycles. The minimum Gasteiger partial charge on any atom is -0.398 e. The Balaban J connectivity index is 2.07. The highest BCUT2D eigenvalue weighted by molar-refractivity contribution is 5.94. The van der Waals surface area contributed by atoms with Crippen LogP contribution in [0.15, 0.2) is 42.5 Å². The van der Waals surface area contributed by atoms with E-state index in [2.05, 4.69) is 5.32 Å². The number of alkyl halides is 2. The Bertz CT molecular complexity index is 684. The number of amides is 1. The van der Waals surface area contributed by atoms with Gasteiger partial charge in [0.2, 0.25) is 0 Å². The number of nitrogens with two attached hydrogens (primary N) is 1. The zero-order valence-corrected chi connectivity index (χ0v) is 11.6. The van der Waals surface area contributed by atoms with Gasteiger partial charge in [-0.05, 0) is 23.8 Å². The summed E-state index contributed by atoms with van der Waals surface area (Å²) >= 11 is 0. The van der Waals surface area contributed by atoms with E-state index >= 15 is 0 Å². The summed E-state index contributed by atoms with van der Waals surface area (Å²) in [5.41, 5.74) is 7.66. The summed E-state index contributed by atoms with van der Waals surface area (Å²) in [4.78, 5) is 12.0. The lowest BCUT2D eigenvalue weighted by atomic mass is 10.1. The maximum atomic E-state index is 12.5. The van der Waals surface area contributed by atoms with Crippen molar-refractivity contribution in [3.8, 4) is 0 Å². The molecular weight excluding hydrogens is 288 g/mol. The second-order valence-corrected chi connectivity index (χ2v) is 4.67. The van der Waals surface area contributed by atoms with Gasteiger partial charge in [-0.25, -0.2) is 8.78 Å². The minimum atomic E-state index is -2.56. The third-order valence-electron chi connectivity index (χ3n) is 3.24. The maximum absolute atomic E-state index is 12.5. The first-order valence-corrected chi connectivity index (χ1v) is 6.57. The highest BCUT2D eigenvalue weighted by atomic mass is 19.3. The van der Waals surface area contributed by atoms with Gasteiger partial charge in [0.1, 0.15) is 0 Å². The maximum Gasteiger partial charge on any atom is 0.263 e. The van der Waals surface area contributed by atoms with Crippen LogP contribution in [0.3, 0.4) is 0 Å². The summed E-state index contributed by atoms with van der Waals surface area (Å²) in [7, 11) is 0. The average molecular weight is 303 g/mol. The lowest BCUT2D eigenvalue weighted by Crippen LogP contribution is -2.23. The van der Waals surface area contributed by atoms with Gasteiger partial charge in [0.15, 0.2) is 0 Å². The van der Waals surface area contributed by atoms with Gasteiger partial charge in [0.05, 0.1) is 0 Å². The summed E-state index contributed by atoms with van der Waals surface area (Å²) in [5, 5.41) is 10.0. The molecule has 0 spiro atoms. The van der Waals surface area contributed by atoms with Crippen molar-refractivity contribution in [2.75, 3.05) is 5.73 Å². The molecule has 0 fully saturated rings. The van der Waals surface area contributed by atoms with Crippen LogP contribution < -0.4 is 11.1 Å². The van der Waals surface area contributed by atoms with E-state index in [1.54, 1.807) is 18.2 Å². The van der Waals surface area contributed by atoms with Gasteiger partial charge in [0, 0.05) is 35.1 Å². The van der Waals surface area contributed by atoms with E-state index < -0.39 is 6.43 Å². The van der Waals surface area contributed by atoms with Crippen molar-refractivity contribution in [1.82, 2.24) is 5.32 Å². The van der Waals surface area contributed by atoms with Crippen molar-refractivity contribution < 1.29 is 13.6 Å². The van der Waals surface area contributed by atoms with Gasteiger partial charge in [-0.2, -0.15) is 0 Å². The Morgan fingerprint density at radius 1 is 1.23 bits per heavy atom. The van der Waals surface area contributed by atoms with Crippen LogP contribution in [0.25, 0.3) is 0 Å². The molecule has 0 radical (unpaired) electrons. The SMILES string of the molecule is N=Cc1c(N)cccc1CNC(=O)c1ccc(C(F)F)cc1. The highest BCUT2D eigenvalue weighted by Crippen LogP contribution is 2.19. The molecule has 22 heavy (non-hydrogen) atoms. The Kier molecular flexibility index (Phi) is 4.83. The van der Waals surface area contributed by atoms with Gasteiger partial charge >= 0.3 is 0 Å². The standard InChI is InChI=1S/C16H15F2N3O/c17-15(18)10-4-6-11(7-5-10)16(22)21-9-12-2-1-3-14(20)13(12)8-19/h1-8,15,19H,9,20H2,(H,21,22). The zero-order valence-electron chi connectivity index (χ0n) is 11.6. The second-order valence-electron chi connectivity index (χ2n) is 4.67. The third-order valence-corrected chi connectivity index (χ3v) is 3.24. The molecule has 2 aromatic carbocycles. The van der Waals surface area contributed by atoms with Crippen molar-refractivity contribution in [3.05, 3.63) is 64.7 Å². The number of carbonyl (C=O) groups excluding carboxylic acids is 1. The Hall–Kier alpha value is -2.76. The van der Waals surface area contributed by atoms with Crippen LogP contribution in [0.2, 0.25) is 0 Å². The summed E-state index contributed by atoms with van der Waals surface area (Å²) < 4.78 is 24.9. The Morgan fingerprint density at radius 2 is 1.91 bits per heavy atom. The molecule has 0 aliphatic rings. The van der Waals surface area contributed by atoms with Crippen LogP contribution in [-0.2, 0) is 6.54 Å². The van der Waals surface area contributed by atoms with Crippen LogP contribution in [0.1, 0.15) is 33.5 Å². The number of benzene rings is 2. The third kappa shape index (κ3) is 3.46. The molecule has 0 aliphatic heterocycles. The Morgan fingerprint density at radius 3 is 2.50 bits per heavy atom. The summed E-state index contributed by atoms with van der Waals surface area (Å²) in [6.07, 6.45) is -1.42. The summed E-state index contributed by atoms with van der Waals surface area (Å²) in [6, 6.07) is 10.3. The van der Waals surface area contributed by atoms with Crippen LogP contribution in [0.5, 0.6) is 0 Å². The van der Waals surface area contributed by atoms with E-state index in [9.17, 15) is 13.6 Å². The summed E-state index contributed by atoms with van der Waals surface area (Å²) in [6.45, 7) is 0.200. The van der Waals surface area contributed by atoms with Gasteiger partial charge in [-0.1, -0.05) is 24.3 Å². The molecule has 2 aromatic rings. The fourth-order valence-electron chi connectivity index (χ4n) is 2.02. The molecule has 0 saturated heterocycles. The van der Waals surface area contributed by atoms with Crippen LogP contribution in [0.4, 0.5) is 14.5 Å². The predicted octanol–water partition coefficient (Wildman–Crippen LogP) is 3.13.